The molecule has 4 nitrogen and oxygen atoms in total. The summed E-state index contributed by atoms with van der Waals surface area (Å²) in [4.78, 5) is 11.1. The van der Waals surface area contributed by atoms with Gasteiger partial charge in [-0.3, -0.25) is 10.2 Å². The first-order chi connectivity index (χ1) is 7.24. The second-order valence-corrected chi connectivity index (χ2v) is 3.24. The van der Waals surface area contributed by atoms with E-state index in [1.165, 1.54) is 0 Å². The minimum absolute atomic E-state index is 0.160. The Bertz CT molecular complexity index is 329. The average molecular weight is 204 g/mol. The van der Waals surface area contributed by atoms with E-state index in [-0.39, 0.29) is 13.3 Å². The van der Waals surface area contributed by atoms with Crippen LogP contribution in [0.25, 0.3) is 0 Å². The highest BCUT2D eigenvalue weighted by atomic mass is 16.4. The van der Waals surface area contributed by atoms with Crippen LogP contribution in [0.3, 0.4) is 0 Å². The lowest BCUT2D eigenvalue weighted by Gasteiger charge is -2.10. The molecule has 0 heterocycles. The second-order valence-electron chi connectivity index (χ2n) is 3.24. The number of nitrogens with one attached hydrogen (secondary N) is 1. The molecule has 5 heteroatoms. The minimum Gasteiger partial charge on any atom is -0.556 e. The van der Waals surface area contributed by atoms with Crippen LogP contribution < -0.4 is 5.73 Å². The van der Waals surface area contributed by atoms with Crippen LogP contribution in [0.5, 0.6) is 0 Å². The van der Waals surface area contributed by atoms with Crippen LogP contribution in [0.15, 0.2) is 30.3 Å². The number of hydrogen-bond donors (Lipinski definition) is 2. The van der Waals surface area contributed by atoms with Gasteiger partial charge >= 0.3 is 7.48 Å². The number of carbonyl (C=O) groups excluding carboxylic acids is 1. The van der Waals surface area contributed by atoms with E-state index in [2.05, 4.69) is 0 Å². The quantitative estimate of drug-likeness (QED) is 0.401. The highest BCUT2D eigenvalue weighted by Crippen LogP contribution is 2.12. The van der Waals surface area contributed by atoms with E-state index in [4.69, 9.17) is 15.8 Å². The van der Waals surface area contributed by atoms with Gasteiger partial charge in [0, 0.05) is 0 Å². The summed E-state index contributed by atoms with van der Waals surface area (Å²) >= 11 is 0. The zero-order chi connectivity index (χ0) is 11.1. The Balaban J connectivity index is 2.58. The van der Waals surface area contributed by atoms with Gasteiger partial charge in [-0.05, 0) is 12.0 Å². The molecule has 78 valence electrons. The van der Waals surface area contributed by atoms with Crippen LogP contribution in [0, 0.1) is 5.41 Å². The van der Waals surface area contributed by atoms with Gasteiger partial charge in [0.1, 0.15) is 6.40 Å². The lowest BCUT2D eigenvalue weighted by molar-refractivity contribution is -0.118. The summed E-state index contributed by atoms with van der Waals surface area (Å²) in [6, 6.07) is 9.59. The van der Waals surface area contributed by atoms with Gasteiger partial charge < -0.3 is 10.4 Å². The summed E-state index contributed by atoms with van der Waals surface area (Å²) in [5.74, 6) is -0.783. The summed E-state index contributed by atoms with van der Waals surface area (Å²) in [6.45, 7) is 0. The summed E-state index contributed by atoms with van der Waals surface area (Å²) in [6.07, 6.45) is 1.37. The Hall–Kier alpha value is -1.78. The molecule has 1 rings (SSSR count). The van der Waals surface area contributed by atoms with Gasteiger partial charge in [-0.1, -0.05) is 30.3 Å². The molecule has 0 radical (unpaired) electrons. The number of nitrogens with two attached hydrogens (primary N) is 1. The fourth-order valence-corrected chi connectivity index (χ4v) is 1.30. The highest BCUT2D eigenvalue weighted by Gasteiger charge is 2.18. The minimum atomic E-state index is -0.402. The molecule has 0 saturated carbocycles. The number of benzene rings is 1. The molecule has 0 aliphatic rings. The fraction of sp³-hybridized carbons (Fsp3) is 0.200. The molecule has 3 N–H and O–H groups in total. The molecule has 0 aliphatic heterocycles. The van der Waals surface area contributed by atoms with E-state index in [0.29, 0.717) is 6.42 Å². The van der Waals surface area contributed by atoms with Gasteiger partial charge in [0.25, 0.3) is 0 Å². The molecule has 1 aromatic rings. The molecule has 0 bridgehead atoms. The molecule has 1 atom stereocenters. The van der Waals surface area contributed by atoms with Crippen LogP contribution in [-0.2, 0) is 15.9 Å². The molecule has 1 aromatic carbocycles. The Kier molecular flexibility index (Phi) is 4.41. The second kappa shape index (κ2) is 5.85. The van der Waals surface area contributed by atoms with Gasteiger partial charge in [0.2, 0.25) is 5.91 Å². The van der Waals surface area contributed by atoms with Gasteiger partial charge in [-0.2, -0.15) is 0 Å². The highest BCUT2D eigenvalue weighted by molar-refractivity contribution is 6.39. The molecule has 0 fully saturated rings. The fourth-order valence-electron chi connectivity index (χ4n) is 1.30. The Morgan fingerprint density at radius 1 is 1.53 bits per heavy atom. The van der Waals surface area contributed by atoms with Crippen molar-refractivity contribution in [2.24, 2.45) is 5.73 Å². The summed E-state index contributed by atoms with van der Waals surface area (Å²) in [5, 5.41) is 6.72. The third-order valence-corrected chi connectivity index (χ3v) is 2.11. The van der Waals surface area contributed by atoms with E-state index in [1.807, 2.05) is 30.3 Å². The Morgan fingerprint density at radius 3 is 2.73 bits per heavy atom. The smallest absolute Gasteiger partial charge is 0.354 e. The largest absolute Gasteiger partial charge is 0.556 e. The molecule has 0 spiro atoms. The van der Waals surface area contributed by atoms with Crippen LogP contribution in [-0.4, -0.2) is 19.8 Å². The van der Waals surface area contributed by atoms with Crippen molar-refractivity contribution in [3.05, 3.63) is 35.9 Å². The first kappa shape index (κ1) is 11.3. The molecule has 1 unspecified atom stereocenters. The third-order valence-electron chi connectivity index (χ3n) is 2.11. The van der Waals surface area contributed by atoms with Gasteiger partial charge in [0.05, 0.1) is 5.82 Å². The maximum Gasteiger partial charge on any atom is 0.354 e. The van der Waals surface area contributed by atoms with Gasteiger partial charge in [0.15, 0.2) is 0 Å². The molecule has 0 aromatic heterocycles. The maximum atomic E-state index is 11.1. The van der Waals surface area contributed by atoms with E-state index < -0.39 is 5.91 Å². The number of primary amides is 1. The zero-order valence-electron chi connectivity index (χ0n) is 8.35. The molecule has 15 heavy (non-hydrogen) atoms. The first-order valence-electron chi connectivity index (χ1n) is 4.68. The van der Waals surface area contributed by atoms with Crippen molar-refractivity contribution < 1.29 is 9.45 Å². The van der Waals surface area contributed by atoms with Crippen molar-refractivity contribution in [1.82, 2.24) is 0 Å². The van der Waals surface area contributed by atoms with Crippen molar-refractivity contribution in [3.63, 3.8) is 0 Å². The van der Waals surface area contributed by atoms with E-state index >= 15 is 0 Å². The normalized spacial score (nSPS) is 11.5. The lowest BCUT2D eigenvalue weighted by Crippen LogP contribution is -2.26. The summed E-state index contributed by atoms with van der Waals surface area (Å²) in [7, 11) is 0.160. The van der Waals surface area contributed by atoms with E-state index in [0.717, 1.165) is 12.0 Å². The average Bonchev–Trinajstić information content (AvgIpc) is 2.25. The molecule has 1 amide bonds. The van der Waals surface area contributed by atoms with Crippen molar-refractivity contribution in [1.29, 1.82) is 5.41 Å². The lowest BCUT2D eigenvalue weighted by atomic mass is 9.75. The molecule has 0 saturated heterocycles. The predicted molar refractivity (Wildman–Crippen MR) is 60.1 cm³/mol. The van der Waals surface area contributed by atoms with E-state index in [9.17, 15) is 4.79 Å². The number of amides is 1. The SMILES string of the molecule is N=COBC(Cc1ccccc1)C(N)=O. The number of rotatable bonds is 6. The van der Waals surface area contributed by atoms with Crippen LogP contribution in [0.4, 0.5) is 0 Å². The summed E-state index contributed by atoms with van der Waals surface area (Å²) in [5.41, 5.74) is 6.27. The predicted octanol–water partition coefficient (Wildman–Crippen LogP) is 0.478. The van der Waals surface area contributed by atoms with Gasteiger partial charge in [-0.15, -0.1) is 0 Å². The monoisotopic (exact) mass is 204 g/mol. The maximum absolute atomic E-state index is 11.1. The zero-order valence-corrected chi connectivity index (χ0v) is 8.35. The van der Waals surface area contributed by atoms with Gasteiger partial charge in [-0.25, -0.2) is 0 Å². The third kappa shape index (κ3) is 3.85. The first-order valence-corrected chi connectivity index (χ1v) is 4.68. The van der Waals surface area contributed by atoms with Crippen molar-refractivity contribution in [3.8, 4) is 0 Å². The molecular formula is C10H13BN2O2. The molecular weight excluding hydrogens is 191 g/mol. The Labute approximate surface area is 89.2 Å². The van der Waals surface area contributed by atoms with Crippen molar-refractivity contribution in [2.75, 3.05) is 0 Å². The van der Waals surface area contributed by atoms with Crippen LogP contribution in [0.1, 0.15) is 5.56 Å². The van der Waals surface area contributed by atoms with Crippen LogP contribution in [0.2, 0.25) is 5.82 Å². The number of carbonyl (C=O) groups is 1. The molecule has 0 aliphatic carbocycles. The van der Waals surface area contributed by atoms with Crippen molar-refractivity contribution >= 4 is 19.8 Å². The van der Waals surface area contributed by atoms with E-state index in [1.54, 1.807) is 0 Å². The standard InChI is InChI=1S/C10H13BN2O2/c12-7-15-11-9(10(13)14)6-8-4-2-1-3-5-8/h1-5,7,9,11-12H,6H2,(H2,13,14). The topological polar surface area (TPSA) is 76.2 Å². The summed E-state index contributed by atoms with van der Waals surface area (Å²) < 4.78 is 4.77. The van der Waals surface area contributed by atoms with Crippen LogP contribution >= 0.6 is 0 Å². The Morgan fingerprint density at radius 2 is 2.20 bits per heavy atom. The van der Waals surface area contributed by atoms with Crippen molar-refractivity contribution in [2.45, 2.75) is 12.2 Å². The number of hydrogen-bond acceptors (Lipinski definition) is 3.